The Morgan fingerprint density at radius 2 is 1.71 bits per heavy atom. The Morgan fingerprint density at radius 1 is 1.12 bits per heavy atom. The van der Waals surface area contributed by atoms with Crippen molar-refractivity contribution in [2.24, 2.45) is 0 Å². The van der Waals surface area contributed by atoms with Crippen molar-refractivity contribution in [1.82, 2.24) is 9.78 Å². The van der Waals surface area contributed by atoms with Crippen LogP contribution in [-0.2, 0) is 6.44 Å². The van der Waals surface area contributed by atoms with Crippen LogP contribution in [0.2, 0.25) is 0 Å². The van der Waals surface area contributed by atoms with E-state index in [1.807, 2.05) is 5.10 Å². The van der Waals surface area contributed by atoms with Gasteiger partial charge in [0.15, 0.2) is 0 Å². The lowest BCUT2D eigenvalue weighted by Gasteiger charge is -2.15. The molecule has 0 spiro atoms. The molecule has 0 atom stereocenters. The van der Waals surface area contributed by atoms with Gasteiger partial charge in [0, 0.05) is 6.44 Å². The largest absolute Gasteiger partial charge is 0.499 e. The highest BCUT2D eigenvalue weighted by Gasteiger charge is 2.25. The number of hydrogen-bond donors (Lipinski definition) is 1. The van der Waals surface area contributed by atoms with Gasteiger partial charge in [-0.05, 0) is 12.1 Å². The lowest BCUT2D eigenvalue weighted by Crippen LogP contribution is -2.37. The summed E-state index contributed by atoms with van der Waals surface area (Å²) in [5, 5.41) is 1.99. The number of hydrogen-bond acceptors (Lipinski definition) is 2. The molecule has 2 aromatic rings. The molecule has 0 aliphatic carbocycles. The summed E-state index contributed by atoms with van der Waals surface area (Å²) in [5.41, 5.74) is -1.56. The van der Waals surface area contributed by atoms with E-state index in [9.17, 15) is 22.5 Å². The molecule has 0 bridgehead atoms. The Morgan fingerprint density at radius 3 is 2.29 bits per heavy atom. The molecule has 4 nitrogen and oxygen atoms in total. The van der Waals surface area contributed by atoms with Crippen molar-refractivity contribution in [3.8, 4) is 0 Å². The van der Waals surface area contributed by atoms with Crippen LogP contribution in [-0.4, -0.2) is 16.8 Å². The average Bonchev–Trinajstić information content (AvgIpc) is 2.24. The first-order chi connectivity index (χ1) is 7.88. The topological polar surface area (TPSA) is 54.9 Å². The Balaban J connectivity index is 2.72. The van der Waals surface area contributed by atoms with E-state index in [-0.39, 0.29) is 10.8 Å². The number of benzene rings is 1. The zero-order chi connectivity index (χ0) is 12.6. The number of aromatic nitrogens is 2. The van der Waals surface area contributed by atoms with E-state index in [2.05, 4.69) is 0 Å². The first-order valence-corrected chi connectivity index (χ1v) is 4.81. The molecule has 0 amide bonds. The van der Waals surface area contributed by atoms with Crippen LogP contribution in [0.1, 0.15) is 0 Å². The minimum absolute atomic E-state index is 0.0173. The van der Waals surface area contributed by atoms with E-state index in [0.29, 0.717) is 4.68 Å². The molecule has 1 aromatic heterocycles. The summed E-state index contributed by atoms with van der Waals surface area (Å²) in [6.07, 6.45) is -1.45. The molecular formula is C9H7BF3N2O2-. The Labute approximate surface area is 92.7 Å². The second kappa shape index (κ2) is 3.79. The molecule has 17 heavy (non-hydrogen) atoms. The van der Waals surface area contributed by atoms with Gasteiger partial charge in [0.05, 0.1) is 10.8 Å². The summed E-state index contributed by atoms with van der Waals surface area (Å²) in [5.74, 6) is 0. The van der Waals surface area contributed by atoms with Gasteiger partial charge < -0.3 is 12.9 Å². The number of halogens is 3. The Hall–Kier alpha value is -1.99. The number of H-pyrrole nitrogens is 1. The van der Waals surface area contributed by atoms with Crippen molar-refractivity contribution in [3.05, 3.63) is 45.0 Å². The number of aromatic amines is 1. The molecular weight excluding hydrogens is 236 g/mol. The fourth-order valence-electron chi connectivity index (χ4n) is 1.58. The molecule has 0 fully saturated rings. The van der Waals surface area contributed by atoms with Crippen molar-refractivity contribution >= 4 is 17.7 Å². The quantitative estimate of drug-likeness (QED) is 0.802. The molecule has 0 aliphatic rings. The third-order valence-electron chi connectivity index (χ3n) is 2.27. The normalized spacial score (nSPS) is 11.9. The van der Waals surface area contributed by atoms with Crippen LogP contribution >= 0.6 is 0 Å². The summed E-state index contributed by atoms with van der Waals surface area (Å²) in [7, 11) is 0. The van der Waals surface area contributed by atoms with E-state index < -0.39 is 24.5 Å². The van der Waals surface area contributed by atoms with Gasteiger partial charge in [-0.1, -0.05) is 12.1 Å². The first kappa shape index (κ1) is 11.5. The zero-order valence-corrected chi connectivity index (χ0v) is 8.49. The Kier molecular flexibility index (Phi) is 2.57. The molecule has 1 aromatic carbocycles. The maximum absolute atomic E-state index is 12.2. The van der Waals surface area contributed by atoms with Crippen LogP contribution in [0.3, 0.4) is 0 Å². The molecule has 8 heteroatoms. The predicted molar refractivity (Wildman–Crippen MR) is 57.9 cm³/mol. The summed E-state index contributed by atoms with van der Waals surface area (Å²) < 4.78 is 37.0. The van der Waals surface area contributed by atoms with Gasteiger partial charge in [0.1, 0.15) is 0 Å². The van der Waals surface area contributed by atoms with Gasteiger partial charge in [0.2, 0.25) is 0 Å². The lowest BCUT2D eigenvalue weighted by molar-refractivity contribution is 0.430. The smallest absolute Gasteiger partial charge is 0.448 e. The van der Waals surface area contributed by atoms with Crippen molar-refractivity contribution in [3.63, 3.8) is 0 Å². The number of rotatable bonds is 2. The van der Waals surface area contributed by atoms with Crippen LogP contribution in [0.15, 0.2) is 33.9 Å². The predicted octanol–water partition coefficient (Wildman–Crippen LogP) is 1.08. The van der Waals surface area contributed by atoms with Gasteiger partial charge in [-0.25, -0.2) is 0 Å². The van der Waals surface area contributed by atoms with E-state index in [0.717, 1.165) is 0 Å². The molecule has 0 saturated heterocycles. The summed E-state index contributed by atoms with van der Waals surface area (Å²) in [4.78, 5) is 23.1. The maximum Gasteiger partial charge on any atom is 0.499 e. The Bertz CT molecular complexity index is 674. The second-order valence-corrected chi connectivity index (χ2v) is 3.61. The fourth-order valence-corrected chi connectivity index (χ4v) is 1.58. The molecule has 2 rings (SSSR count). The van der Waals surface area contributed by atoms with Crippen molar-refractivity contribution in [1.29, 1.82) is 0 Å². The average molecular weight is 243 g/mol. The monoisotopic (exact) mass is 243 g/mol. The summed E-state index contributed by atoms with van der Waals surface area (Å²) in [6, 6.07) is 5.74. The highest BCUT2D eigenvalue weighted by Crippen LogP contribution is 2.10. The first-order valence-electron chi connectivity index (χ1n) is 4.81. The van der Waals surface area contributed by atoms with Gasteiger partial charge in [0.25, 0.3) is 11.1 Å². The van der Waals surface area contributed by atoms with Crippen LogP contribution < -0.4 is 11.1 Å². The molecule has 1 N–H and O–H groups in total. The van der Waals surface area contributed by atoms with Gasteiger partial charge >= 0.3 is 6.98 Å². The zero-order valence-electron chi connectivity index (χ0n) is 8.49. The van der Waals surface area contributed by atoms with Crippen molar-refractivity contribution in [2.45, 2.75) is 6.44 Å². The van der Waals surface area contributed by atoms with Crippen molar-refractivity contribution < 1.29 is 12.9 Å². The molecule has 0 aliphatic heterocycles. The minimum atomic E-state index is -5.18. The van der Waals surface area contributed by atoms with E-state index in [4.69, 9.17) is 0 Å². The van der Waals surface area contributed by atoms with E-state index in [1.165, 1.54) is 24.3 Å². The van der Waals surface area contributed by atoms with Crippen LogP contribution in [0.25, 0.3) is 10.8 Å². The highest BCUT2D eigenvalue weighted by atomic mass is 19.4. The van der Waals surface area contributed by atoms with Crippen LogP contribution in [0, 0.1) is 0 Å². The SMILES string of the molecule is O=c1[nH]n(C[B-](F)(F)F)c(=O)c2ccccc12. The van der Waals surface area contributed by atoms with E-state index in [1.54, 1.807) is 0 Å². The van der Waals surface area contributed by atoms with Crippen molar-refractivity contribution in [2.75, 3.05) is 0 Å². The number of nitrogens with one attached hydrogen (secondary N) is 1. The van der Waals surface area contributed by atoms with Gasteiger partial charge in [-0.15, -0.1) is 0 Å². The highest BCUT2D eigenvalue weighted by molar-refractivity contribution is 6.57. The van der Waals surface area contributed by atoms with Crippen LogP contribution in [0.4, 0.5) is 12.9 Å². The second-order valence-electron chi connectivity index (χ2n) is 3.61. The third kappa shape index (κ3) is 2.25. The summed E-state index contributed by atoms with van der Waals surface area (Å²) >= 11 is 0. The molecule has 90 valence electrons. The molecule has 0 unspecified atom stereocenters. The third-order valence-corrected chi connectivity index (χ3v) is 2.27. The minimum Gasteiger partial charge on any atom is -0.448 e. The maximum atomic E-state index is 12.2. The molecule has 0 radical (unpaired) electrons. The summed E-state index contributed by atoms with van der Waals surface area (Å²) in [6.45, 7) is -5.18. The lowest BCUT2D eigenvalue weighted by atomic mass is 9.92. The molecule has 0 saturated carbocycles. The van der Waals surface area contributed by atoms with Crippen LogP contribution in [0.5, 0.6) is 0 Å². The number of fused-ring (bicyclic) bond motifs is 1. The molecule has 1 heterocycles. The van der Waals surface area contributed by atoms with E-state index >= 15 is 0 Å². The van der Waals surface area contributed by atoms with Gasteiger partial charge in [-0.2, -0.15) is 0 Å². The van der Waals surface area contributed by atoms with Gasteiger partial charge in [-0.3, -0.25) is 19.4 Å². The fraction of sp³-hybridized carbons (Fsp3) is 0.111. The standard InChI is InChI=1S/C9H7BF3N2O2/c11-10(12,13)5-15-9(17)7-4-2-1-3-6(7)8(16)14-15/h1-4H,5H2,(H,14,16)/q-1. The number of nitrogens with zero attached hydrogens (tertiary/aromatic N) is 1.